The molecule has 8 nitrogen and oxygen atoms in total. The molecule has 0 spiro atoms. The predicted octanol–water partition coefficient (Wildman–Crippen LogP) is 3.24. The first kappa shape index (κ1) is 21.3. The first-order valence-corrected chi connectivity index (χ1v) is 10.3. The fraction of sp³-hybridized carbons (Fsp3) is 0.238. The number of nitrogens with zero attached hydrogens (tertiary/aromatic N) is 2. The number of hydrogen-bond acceptors (Lipinski definition) is 6. The number of amides is 3. The van der Waals surface area contributed by atoms with Crippen LogP contribution in [-0.2, 0) is 9.53 Å². The van der Waals surface area contributed by atoms with E-state index in [-0.39, 0.29) is 11.6 Å². The van der Waals surface area contributed by atoms with Gasteiger partial charge < -0.3 is 10.1 Å². The van der Waals surface area contributed by atoms with Crippen LogP contribution in [0.25, 0.3) is 16.3 Å². The van der Waals surface area contributed by atoms with Crippen LogP contribution < -0.4 is 10.6 Å². The Morgan fingerprint density at radius 3 is 2.57 bits per heavy atom. The van der Waals surface area contributed by atoms with Gasteiger partial charge in [-0.2, -0.15) is 5.10 Å². The number of carbonyl (C=O) groups is 3. The van der Waals surface area contributed by atoms with Crippen LogP contribution in [0.5, 0.6) is 0 Å². The average Bonchev–Trinajstić information content (AvgIpc) is 3.41. The summed E-state index contributed by atoms with van der Waals surface area (Å²) in [5.74, 6) is -1.18. The number of nitrogens with one attached hydrogen (secondary N) is 2. The summed E-state index contributed by atoms with van der Waals surface area (Å²) in [5, 5.41) is 11.1. The van der Waals surface area contributed by atoms with E-state index in [1.807, 2.05) is 61.7 Å². The van der Waals surface area contributed by atoms with Crippen LogP contribution in [0.1, 0.15) is 24.3 Å². The minimum Gasteiger partial charge on any atom is -0.451 e. The van der Waals surface area contributed by atoms with Crippen molar-refractivity contribution in [1.82, 2.24) is 20.4 Å². The number of benzene rings is 1. The highest BCUT2D eigenvalue weighted by molar-refractivity contribution is 7.13. The van der Waals surface area contributed by atoms with Crippen LogP contribution in [0.2, 0.25) is 0 Å². The largest absolute Gasteiger partial charge is 0.451 e. The number of para-hydroxylation sites is 1. The van der Waals surface area contributed by atoms with Crippen molar-refractivity contribution in [2.24, 2.45) is 5.92 Å². The Bertz CT molecular complexity index is 1010. The summed E-state index contributed by atoms with van der Waals surface area (Å²) in [6.45, 7) is 3.72. The molecule has 0 radical (unpaired) electrons. The molecule has 0 aliphatic carbocycles. The molecule has 0 saturated carbocycles. The number of thiophene rings is 1. The van der Waals surface area contributed by atoms with E-state index in [0.717, 1.165) is 4.88 Å². The molecule has 0 fully saturated rings. The van der Waals surface area contributed by atoms with Gasteiger partial charge in [-0.05, 0) is 29.5 Å². The number of esters is 1. The molecule has 0 unspecified atom stereocenters. The Morgan fingerprint density at radius 2 is 1.90 bits per heavy atom. The predicted molar refractivity (Wildman–Crippen MR) is 114 cm³/mol. The smallest absolute Gasteiger partial charge is 0.357 e. The van der Waals surface area contributed by atoms with Gasteiger partial charge in [-0.3, -0.25) is 10.1 Å². The second-order valence-corrected chi connectivity index (χ2v) is 7.82. The summed E-state index contributed by atoms with van der Waals surface area (Å²) in [6.07, 6.45) is 0. The molecular weight excluding hydrogens is 404 g/mol. The fourth-order valence-electron chi connectivity index (χ4n) is 2.55. The van der Waals surface area contributed by atoms with Crippen molar-refractivity contribution < 1.29 is 19.1 Å². The molecule has 1 aromatic carbocycles. The van der Waals surface area contributed by atoms with E-state index in [4.69, 9.17) is 4.74 Å². The van der Waals surface area contributed by atoms with Gasteiger partial charge in [0.2, 0.25) is 0 Å². The SMILES string of the molecule is CC(C)CNC(=O)NC(=O)COC(=O)c1cc(-c2cccs2)nn1-c1ccccc1. The zero-order valence-corrected chi connectivity index (χ0v) is 17.4. The Hall–Kier alpha value is -3.46. The molecule has 3 aromatic rings. The zero-order chi connectivity index (χ0) is 21.5. The third-order valence-electron chi connectivity index (χ3n) is 3.95. The molecule has 3 rings (SSSR count). The van der Waals surface area contributed by atoms with Crippen LogP contribution in [-0.4, -0.2) is 40.8 Å². The Kier molecular flexibility index (Phi) is 6.97. The molecule has 0 aliphatic rings. The van der Waals surface area contributed by atoms with Gasteiger partial charge in [0, 0.05) is 12.6 Å². The van der Waals surface area contributed by atoms with E-state index in [0.29, 0.717) is 17.9 Å². The lowest BCUT2D eigenvalue weighted by Gasteiger charge is -2.09. The molecule has 2 heterocycles. The number of carbonyl (C=O) groups excluding carboxylic acids is 3. The van der Waals surface area contributed by atoms with Gasteiger partial charge in [0.25, 0.3) is 5.91 Å². The van der Waals surface area contributed by atoms with Crippen LogP contribution in [0.4, 0.5) is 4.79 Å². The first-order chi connectivity index (χ1) is 14.4. The highest BCUT2D eigenvalue weighted by Gasteiger charge is 2.20. The maximum atomic E-state index is 12.7. The van der Waals surface area contributed by atoms with Crippen LogP contribution >= 0.6 is 11.3 Å². The number of imide groups is 1. The van der Waals surface area contributed by atoms with Crippen molar-refractivity contribution in [3.8, 4) is 16.3 Å². The van der Waals surface area contributed by atoms with Crippen LogP contribution in [0.3, 0.4) is 0 Å². The van der Waals surface area contributed by atoms with E-state index in [1.54, 1.807) is 6.07 Å². The Balaban J connectivity index is 1.70. The number of ether oxygens (including phenoxy) is 1. The highest BCUT2D eigenvalue weighted by Crippen LogP contribution is 2.26. The molecule has 0 aliphatic heterocycles. The monoisotopic (exact) mass is 426 g/mol. The van der Waals surface area contributed by atoms with Crippen LogP contribution in [0.15, 0.2) is 53.9 Å². The summed E-state index contributed by atoms with van der Waals surface area (Å²) in [4.78, 5) is 37.1. The quantitative estimate of drug-likeness (QED) is 0.565. The van der Waals surface area contributed by atoms with Crippen LogP contribution in [0, 0.1) is 5.92 Å². The lowest BCUT2D eigenvalue weighted by atomic mass is 10.2. The fourth-order valence-corrected chi connectivity index (χ4v) is 3.23. The summed E-state index contributed by atoms with van der Waals surface area (Å²) in [5.41, 5.74) is 1.49. The maximum absolute atomic E-state index is 12.7. The molecule has 156 valence electrons. The second-order valence-electron chi connectivity index (χ2n) is 6.87. The van der Waals surface area contributed by atoms with Crippen molar-refractivity contribution in [3.63, 3.8) is 0 Å². The Morgan fingerprint density at radius 1 is 1.13 bits per heavy atom. The average molecular weight is 426 g/mol. The highest BCUT2D eigenvalue weighted by atomic mass is 32.1. The minimum absolute atomic E-state index is 0.182. The number of rotatable bonds is 7. The topological polar surface area (TPSA) is 102 Å². The van der Waals surface area contributed by atoms with E-state index in [1.165, 1.54) is 16.0 Å². The van der Waals surface area contributed by atoms with E-state index < -0.39 is 24.5 Å². The molecule has 0 saturated heterocycles. The lowest BCUT2D eigenvalue weighted by Crippen LogP contribution is -2.42. The summed E-state index contributed by atoms with van der Waals surface area (Å²) < 4.78 is 6.60. The van der Waals surface area contributed by atoms with Crippen molar-refractivity contribution in [3.05, 3.63) is 59.6 Å². The van der Waals surface area contributed by atoms with Gasteiger partial charge in [-0.25, -0.2) is 14.3 Å². The van der Waals surface area contributed by atoms with Gasteiger partial charge in [-0.1, -0.05) is 38.1 Å². The molecule has 0 bridgehead atoms. The molecule has 0 atom stereocenters. The normalized spacial score (nSPS) is 10.6. The summed E-state index contributed by atoms with van der Waals surface area (Å²) >= 11 is 1.50. The molecule has 2 aromatic heterocycles. The number of hydrogen-bond donors (Lipinski definition) is 2. The van der Waals surface area contributed by atoms with E-state index in [9.17, 15) is 14.4 Å². The third kappa shape index (κ3) is 5.54. The molecular formula is C21H22N4O4S. The summed E-state index contributed by atoms with van der Waals surface area (Å²) in [7, 11) is 0. The van der Waals surface area contributed by atoms with Gasteiger partial charge in [0.1, 0.15) is 5.69 Å². The van der Waals surface area contributed by atoms with E-state index >= 15 is 0 Å². The van der Waals surface area contributed by atoms with E-state index in [2.05, 4.69) is 15.7 Å². The van der Waals surface area contributed by atoms with Gasteiger partial charge >= 0.3 is 12.0 Å². The summed E-state index contributed by atoms with van der Waals surface area (Å²) in [6, 6.07) is 13.9. The van der Waals surface area contributed by atoms with Crippen molar-refractivity contribution >= 4 is 29.2 Å². The van der Waals surface area contributed by atoms with Gasteiger partial charge in [-0.15, -0.1) is 11.3 Å². The maximum Gasteiger partial charge on any atom is 0.357 e. The van der Waals surface area contributed by atoms with Crippen molar-refractivity contribution in [2.45, 2.75) is 13.8 Å². The molecule has 3 amide bonds. The Labute approximate surface area is 177 Å². The first-order valence-electron chi connectivity index (χ1n) is 9.38. The van der Waals surface area contributed by atoms with Crippen molar-refractivity contribution in [1.29, 1.82) is 0 Å². The lowest BCUT2D eigenvalue weighted by molar-refractivity contribution is -0.123. The van der Waals surface area contributed by atoms with Gasteiger partial charge in [0.05, 0.1) is 10.6 Å². The standard InChI is InChI=1S/C21H22N4O4S/c1-14(2)12-22-21(28)23-19(26)13-29-20(27)17-11-16(18-9-6-10-30-18)24-25(17)15-7-4-3-5-8-15/h3-11,14H,12-13H2,1-2H3,(H2,22,23,26,28). The zero-order valence-electron chi connectivity index (χ0n) is 16.6. The minimum atomic E-state index is -0.716. The molecule has 30 heavy (non-hydrogen) atoms. The van der Waals surface area contributed by atoms with Crippen molar-refractivity contribution in [2.75, 3.05) is 13.2 Å². The molecule has 9 heteroatoms. The third-order valence-corrected chi connectivity index (χ3v) is 4.84. The number of urea groups is 1. The molecule has 2 N–H and O–H groups in total. The number of aromatic nitrogens is 2. The second kappa shape index (κ2) is 9.84. The van der Waals surface area contributed by atoms with Gasteiger partial charge in [0.15, 0.2) is 12.3 Å².